The Morgan fingerprint density at radius 1 is 1.62 bits per heavy atom. The number of methoxy groups -OCH3 is 1. The Morgan fingerprint density at radius 2 is 2.25 bits per heavy atom. The quantitative estimate of drug-likeness (QED) is 0.480. The molecule has 0 unspecified atom stereocenters. The molecule has 0 amide bonds. The van der Waals surface area contributed by atoms with Crippen LogP contribution in [0.1, 0.15) is 17.7 Å². The Labute approximate surface area is 103 Å². The van der Waals surface area contributed by atoms with E-state index in [4.69, 9.17) is 0 Å². The molecule has 1 heterocycles. The van der Waals surface area contributed by atoms with Gasteiger partial charge in [-0.15, -0.1) is 0 Å². The van der Waals surface area contributed by atoms with Gasteiger partial charge < -0.3 is 4.74 Å². The predicted molar refractivity (Wildman–Crippen MR) is 57.6 cm³/mol. The molecule has 0 bridgehead atoms. The number of aromatic nitrogens is 1. The van der Waals surface area contributed by atoms with Gasteiger partial charge in [-0.3, -0.25) is 4.79 Å². The number of hydrogen-bond donors (Lipinski definition) is 0. The minimum absolute atomic E-state index is 0.0207. The first kappa shape index (κ1) is 13.2. The van der Waals surface area contributed by atoms with Crippen molar-refractivity contribution in [2.45, 2.75) is 12.8 Å². The van der Waals surface area contributed by atoms with Crippen molar-refractivity contribution < 1.29 is 22.7 Å². The van der Waals surface area contributed by atoms with Crippen molar-refractivity contribution in [1.29, 1.82) is 0 Å². The van der Waals surface area contributed by atoms with Gasteiger partial charge in [-0.05, 0) is 34.2 Å². The van der Waals surface area contributed by atoms with Crippen molar-refractivity contribution in [2.24, 2.45) is 0 Å². The molecule has 0 N–H and O–H groups in total. The molecule has 16 heavy (non-hydrogen) atoms. The summed E-state index contributed by atoms with van der Waals surface area (Å²) in [4.78, 5) is 14.1. The molecule has 0 aliphatic carbocycles. The van der Waals surface area contributed by atoms with Crippen molar-refractivity contribution in [1.82, 2.24) is 4.98 Å². The van der Waals surface area contributed by atoms with E-state index in [2.05, 4.69) is 9.72 Å². The molecule has 0 atom stereocenters. The van der Waals surface area contributed by atoms with Gasteiger partial charge in [0.05, 0.1) is 17.1 Å². The van der Waals surface area contributed by atoms with Crippen LogP contribution in [-0.2, 0) is 16.0 Å². The van der Waals surface area contributed by atoms with E-state index in [0.29, 0.717) is 0 Å². The number of hydrogen-bond acceptors (Lipinski definition) is 3. The number of halogens is 4. The molecule has 1 aromatic heterocycles. The van der Waals surface area contributed by atoms with Crippen LogP contribution in [0.25, 0.3) is 0 Å². The second kappa shape index (κ2) is 5.46. The van der Waals surface area contributed by atoms with E-state index in [1.807, 2.05) is 0 Å². The number of rotatable bonds is 3. The molecule has 0 saturated heterocycles. The third-order valence-corrected chi connectivity index (χ3v) is 2.57. The van der Waals surface area contributed by atoms with Gasteiger partial charge in [-0.25, -0.2) is 13.8 Å². The van der Waals surface area contributed by atoms with Crippen LogP contribution in [0, 0.1) is 9.52 Å². The largest absolute Gasteiger partial charge is 0.469 e. The summed E-state index contributed by atoms with van der Waals surface area (Å²) in [7, 11) is 1.15. The van der Waals surface area contributed by atoms with E-state index in [1.54, 1.807) is 22.6 Å². The normalized spacial score (nSPS) is 10.6. The Hall–Kier alpha value is -0.860. The third kappa shape index (κ3) is 3.06. The fourth-order valence-corrected chi connectivity index (χ4v) is 1.57. The molecule has 88 valence electrons. The third-order valence-electron chi connectivity index (χ3n) is 1.81. The molecular formula is C9H7F3INO2. The molecule has 0 fully saturated rings. The molecule has 0 saturated carbocycles. The summed E-state index contributed by atoms with van der Waals surface area (Å²) in [5, 5.41) is 0. The van der Waals surface area contributed by atoms with Crippen LogP contribution in [0.2, 0.25) is 0 Å². The summed E-state index contributed by atoms with van der Waals surface area (Å²) < 4.78 is 42.4. The van der Waals surface area contributed by atoms with Crippen molar-refractivity contribution >= 4 is 28.6 Å². The van der Waals surface area contributed by atoms with Crippen molar-refractivity contribution in [2.75, 3.05) is 7.11 Å². The highest BCUT2D eigenvalue weighted by Crippen LogP contribution is 2.24. The SMILES string of the molecule is COC(=O)Cc1cc(I)c(F)nc1C(F)F. The molecule has 0 aliphatic rings. The smallest absolute Gasteiger partial charge is 0.310 e. The molecule has 0 spiro atoms. The number of ether oxygens (including phenoxy) is 1. The lowest BCUT2D eigenvalue weighted by Crippen LogP contribution is -2.10. The maximum Gasteiger partial charge on any atom is 0.310 e. The maximum absolute atomic E-state index is 13.0. The number of carbonyl (C=O) groups is 1. The lowest BCUT2D eigenvalue weighted by molar-refractivity contribution is -0.139. The summed E-state index contributed by atoms with van der Waals surface area (Å²) >= 11 is 1.61. The first-order valence-corrected chi connectivity index (χ1v) is 5.23. The fourth-order valence-electron chi connectivity index (χ4n) is 1.08. The Morgan fingerprint density at radius 3 is 2.75 bits per heavy atom. The highest BCUT2D eigenvalue weighted by molar-refractivity contribution is 14.1. The van der Waals surface area contributed by atoms with Crippen LogP contribution in [0.15, 0.2) is 6.07 Å². The number of nitrogens with zero attached hydrogens (tertiary/aromatic N) is 1. The minimum Gasteiger partial charge on any atom is -0.469 e. The topological polar surface area (TPSA) is 39.2 Å². The van der Waals surface area contributed by atoms with Gasteiger partial charge in [-0.1, -0.05) is 0 Å². The summed E-state index contributed by atoms with van der Waals surface area (Å²) in [6.45, 7) is 0. The zero-order valence-electron chi connectivity index (χ0n) is 8.14. The van der Waals surface area contributed by atoms with E-state index in [1.165, 1.54) is 6.07 Å². The van der Waals surface area contributed by atoms with Crippen molar-refractivity contribution in [3.63, 3.8) is 0 Å². The Kier molecular flexibility index (Phi) is 4.51. The summed E-state index contributed by atoms with van der Waals surface area (Å²) in [5.74, 6) is -1.64. The van der Waals surface area contributed by atoms with Gasteiger partial charge in [0.15, 0.2) is 0 Å². The van der Waals surface area contributed by atoms with E-state index in [-0.39, 0.29) is 15.6 Å². The minimum atomic E-state index is -2.92. The molecule has 0 aliphatic heterocycles. The zero-order valence-corrected chi connectivity index (χ0v) is 10.3. The highest BCUT2D eigenvalue weighted by atomic mass is 127. The zero-order chi connectivity index (χ0) is 12.3. The molecule has 7 heteroatoms. The summed E-state index contributed by atoms with van der Waals surface area (Å²) in [6, 6.07) is 1.17. The van der Waals surface area contributed by atoms with Gasteiger partial charge >= 0.3 is 5.97 Å². The number of alkyl halides is 2. The van der Waals surface area contributed by atoms with Crippen molar-refractivity contribution in [3.05, 3.63) is 26.8 Å². The lowest BCUT2D eigenvalue weighted by Gasteiger charge is -2.08. The second-order valence-corrected chi connectivity index (χ2v) is 4.02. The molecular weight excluding hydrogens is 338 g/mol. The predicted octanol–water partition coefficient (Wildman–Crippen LogP) is 2.48. The van der Waals surface area contributed by atoms with E-state index in [0.717, 1.165) is 7.11 Å². The number of carbonyl (C=O) groups excluding carboxylic acids is 1. The second-order valence-electron chi connectivity index (χ2n) is 2.86. The first-order chi connectivity index (χ1) is 7.45. The van der Waals surface area contributed by atoms with Crippen LogP contribution in [0.3, 0.4) is 0 Å². The number of pyridine rings is 1. The molecule has 1 rings (SSSR count). The molecule has 3 nitrogen and oxygen atoms in total. The van der Waals surface area contributed by atoms with Crippen LogP contribution in [0.4, 0.5) is 13.2 Å². The average Bonchev–Trinajstić information content (AvgIpc) is 2.22. The average molecular weight is 345 g/mol. The summed E-state index contributed by atoms with van der Waals surface area (Å²) in [6.07, 6.45) is -3.27. The lowest BCUT2D eigenvalue weighted by atomic mass is 10.1. The van der Waals surface area contributed by atoms with Crippen molar-refractivity contribution in [3.8, 4) is 0 Å². The van der Waals surface area contributed by atoms with E-state index in [9.17, 15) is 18.0 Å². The number of esters is 1. The molecule has 0 aromatic carbocycles. The Balaban J connectivity index is 3.14. The van der Waals surface area contributed by atoms with Crippen LogP contribution >= 0.6 is 22.6 Å². The molecule has 1 aromatic rings. The van der Waals surface area contributed by atoms with E-state index < -0.39 is 24.0 Å². The fraction of sp³-hybridized carbons (Fsp3) is 0.333. The maximum atomic E-state index is 13.0. The van der Waals surface area contributed by atoms with E-state index >= 15 is 0 Å². The first-order valence-electron chi connectivity index (χ1n) is 4.15. The van der Waals surface area contributed by atoms with Gasteiger partial charge in [0.1, 0.15) is 5.69 Å². The standard InChI is InChI=1S/C9H7F3INO2/c1-16-6(15)3-4-2-5(13)9(12)14-7(4)8(10)11/h2,8H,3H2,1H3. The van der Waals surface area contributed by atoms with Crippen LogP contribution in [0.5, 0.6) is 0 Å². The Bertz CT molecular complexity index is 412. The summed E-state index contributed by atoms with van der Waals surface area (Å²) in [5.41, 5.74) is -0.740. The van der Waals surface area contributed by atoms with Gasteiger partial charge in [-0.2, -0.15) is 4.39 Å². The van der Waals surface area contributed by atoms with Crippen LogP contribution < -0.4 is 0 Å². The highest BCUT2D eigenvalue weighted by Gasteiger charge is 2.20. The van der Waals surface area contributed by atoms with Gasteiger partial charge in [0, 0.05) is 0 Å². The molecule has 0 radical (unpaired) electrons. The van der Waals surface area contributed by atoms with Gasteiger partial charge in [0.2, 0.25) is 5.95 Å². The van der Waals surface area contributed by atoms with Gasteiger partial charge in [0.25, 0.3) is 6.43 Å². The monoisotopic (exact) mass is 345 g/mol. The van der Waals surface area contributed by atoms with Crippen LogP contribution in [-0.4, -0.2) is 18.1 Å².